The summed E-state index contributed by atoms with van der Waals surface area (Å²) in [7, 11) is -1.92. The predicted octanol–water partition coefficient (Wildman–Crippen LogP) is 5.01. The second kappa shape index (κ2) is 14.2. The molecule has 4 rings (SSSR count). The summed E-state index contributed by atoms with van der Waals surface area (Å²) in [4.78, 5) is 49.8. The van der Waals surface area contributed by atoms with E-state index in [1.54, 1.807) is 19.3 Å². The molecular weight excluding hydrogens is 610 g/mol. The van der Waals surface area contributed by atoms with Gasteiger partial charge in [0.25, 0.3) is 0 Å². The molecule has 1 aliphatic carbocycles. The van der Waals surface area contributed by atoms with Gasteiger partial charge < -0.3 is 30.5 Å². The Morgan fingerprint density at radius 1 is 1.09 bits per heavy atom. The number of nitrogens with one attached hydrogen (secondary N) is 3. The quantitative estimate of drug-likeness (QED) is 0.317. The average Bonchev–Trinajstić information content (AvgIpc) is 2.94. The van der Waals surface area contributed by atoms with Gasteiger partial charge in [-0.3, -0.25) is 9.59 Å². The van der Waals surface area contributed by atoms with Crippen molar-refractivity contribution in [3.63, 3.8) is 0 Å². The molecule has 14 heteroatoms. The van der Waals surface area contributed by atoms with Gasteiger partial charge >= 0.3 is 6.09 Å². The minimum absolute atomic E-state index is 0.0192. The van der Waals surface area contributed by atoms with Crippen LogP contribution in [0.5, 0.6) is 0 Å². The second-order valence-corrected chi connectivity index (χ2v) is 15.5. The molecule has 46 heavy (non-hydrogen) atoms. The third kappa shape index (κ3) is 9.54. The van der Waals surface area contributed by atoms with Gasteiger partial charge in [0.05, 0.1) is 17.6 Å². The van der Waals surface area contributed by atoms with E-state index in [1.165, 1.54) is 17.0 Å². The Morgan fingerprint density at radius 3 is 2.39 bits per heavy atom. The normalized spacial score (nSPS) is 18.7. The van der Waals surface area contributed by atoms with Crippen LogP contribution >= 0.6 is 0 Å². The fourth-order valence-corrected chi connectivity index (χ4v) is 6.38. The molecule has 0 radical (unpaired) electrons. The predicted molar refractivity (Wildman–Crippen MR) is 178 cm³/mol. The minimum Gasteiger partial charge on any atom is -0.444 e. The minimum atomic E-state index is -3.60. The first-order chi connectivity index (χ1) is 21.5. The van der Waals surface area contributed by atoms with Gasteiger partial charge in [-0.15, -0.1) is 0 Å². The lowest BCUT2D eigenvalue weighted by Gasteiger charge is -2.36. The number of alkyl carbamates (subject to hydrolysis) is 1. The number of benzene rings is 1. The first-order valence-corrected chi connectivity index (χ1v) is 17.7. The lowest BCUT2D eigenvalue weighted by Crippen LogP contribution is -2.47. The van der Waals surface area contributed by atoms with Gasteiger partial charge in [-0.1, -0.05) is 0 Å². The number of likely N-dealkylation sites (N-methyl/N-ethyl adjacent to an activating group) is 1. The Kier molecular flexibility index (Phi) is 10.8. The number of hydrogen-bond donors (Lipinski definition) is 3. The number of rotatable bonds is 10. The molecule has 3 N–H and O–H groups in total. The highest BCUT2D eigenvalue weighted by atomic mass is 32.2. The number of amides is 3. The summed E-state index contributed by atoms with van der Waals surface area (Å²) >= 11 is 0. The average molecular weight is 658 g/mol. The van der Waals surface area contributed by atoms with E-state index in [4.69, 9.17) is 4.74 Å². The van der Waals surface area contributed by atoms with E-state index in [0.717, 1.165) is 38.4 Å². The summed E-state index contributed by atoms with van der Waals surface area (Å²) in [6, 6.07) is 4.67. The third-order valence-corrected chi connectivity index (χ3v) is 9.24. The molecule has 1 aliphatic heterocycles. The highest BCUT2D eigenvalue weighted by molar-refractivity contribution is 7.90. The van der Waals surface area contributed by atoms with Gasteiger partial charge in [0.1, 0.15) is 11.3 Å². The van der Waals surface area contributed by atoms with E-state index in [2.05, 4.69) is 25.9 Å². The Labute approximate surface area is 271 Å². The maximum atomic E-state index is 12.9. The first kappa shape index (κ1) is 34.9. The molecule has 1 aromatic carbocycles. The summed E-state index contributed by atoms with van der Waals surface area (Å²) in [5.74, 6) is 1.03. The molecule has 1 fully saturated rings. The van der Waals surface area contributed by atoms with Crippen LogP contribution < -0.4 is 25.8 Å². The van der Waals surface area contributed by atoms with E-state index >= 15 is 0 Å². The molecule has 0 spiro atoms. The number of hydrogen-bond acceptors (Lipinski definition) is 10. The standard InChI is InChI=1S/C32H47N7O6S/c1-20(2)39-19-28(41)38(6)26-18-33-30(37-29(26)39)35-24-15-23(16-25(17-24)46(7,43)44)34-27(40)10-8-9-21-11-13-22(14-12-21)36-31(42)45-32(3,4)5/h15-18,20-22H,8-14,19H2,1-7H3,(H,34,40)(H,36,42)(H,33,35,37). The number of fused-ring (bicyclic) bond motifs is 1. The van der Waals surface area contributed by atoms with Gasteiger partial charge in [-0.25, -0.2) is 18.2 Å². The lowest BCUT2D eigenvalue weighted by molar-refractivity contribution is -0.117. The number of ether oxygens (including phenoxy) is 1. The SMILES string of the molecule is CC(C)N1CC(=O)N(C)c2cnc(Nc3cc(NC(=O)CCCC4CCC(NC(=O)OC(C)(C)C)CC4)cc(S(C)(=O)=O)c3)nc21. The van der Waals surface area contributed by atoms with Crippen LogP contribution in [0.15, 0.2) is 29.3 Å². The topological polar surface area (TPSA) is 163 Å². The molecule has 1 saturated carbocycles. The number of carbonyl (C=O) groups is 3. The van der Waals surface area contributed by atoms with E-state index < -0.39 is 15.4 Å². The fourth-order valence-electron chi connectivity index (χ4n) is 5.69. The zero-order valence-electron chi connectivity index (χ0n) is 27.8. The Morgan fingerprint density at radius 2 is 1.76 bits per heavy atom. The van der Waals surface area contributed by atoms with Crippen LogP contribution in [0.1, 0.15) is 79.6 Å². The zero-order valence-corrected chi connectivity index (χ0v) is 28.7. The van der Waals surface area contributed by atoms with Gasteiger partial charge in [0.15, 0.2) is 15.7 Å². The summed E-state index contributed by atoms with van der Waals surface area (Å²) in [6.07, 6.45) is 7.88. The first-order valence-electron chi connectivity index (χ1n) is 15.8. The number of aromatic nitrogens is 2. The molecule has 0 saturated heterocycles. The Balaban J connectivity index is 1.35. The Hall–Kier alpha value is -3.94. The Bertz CT molecular complexity index is 1550. The van der Waals surface area contributed by atoms with Crippen molar-refractivity contribution in [2.24, 2.45) is 5.92 Å². The van der Waals surface area contributed by atoms with Crippen molar-refractivity contribution in [3.8, 4) is 0 Å². The van der Waals surface area contributed by atoms with Crippen LogP contribution in [-0.2, 0) is 24.2 Å². The number of anilines is 5. The highest BCUT2D eigenvalue weighted by Gasteiger charge is 2.30. The van der Waals surface area contributed by atoms with E-state index in [-0.39, 0.29) is 47.4 Å². The van der Waals surface area contributed by atoms with Crippen molar-refractivity contribution < 1.29 is 27.5 Å². The molecule has 0 bridgehead atoms. The van der Waals surface area contributed by atoms with Crippen molar-refractivity contribution in [2.75, 3.05) is 40.3 Å². The van der Waals surface area contributed by atoms with Crippen LogP contribution in [0.2, 0.25) is 0 Å². The van der Waals surface area contributed by atoms with Gasteiger partial charge in [-0.05, 0) is 97.3 Å². The van der Waals surface area contributed by atoms with Gasteiger partial charge in [0, 0.05) is 43.2 Å². The largest absolute Gasteiger partial charge is 0.444 e. The molecule has 2 aliphatic rings. The molecule has 1 aromatic heterocycles. The van der Waals surface area contributed by atoms with Crippen LogP contribution in [-0.4, -0.2) is 73.8 Å². The van der Waals surface area contributed by atoms with E-state index in [1.807, 2.05) is 39.5 Å². The summed E-state index contributed by atoms with van der Waals surface area (Å²) in [5, 5.41) is 8.88. The van der Waals surface area contributed by atoms with Crippen molar-refractivity contribution in [2.45, 2.75) is 102 Å². The maximum absolute atomic E-state index is 12.9. The fraction of sp³-hybridized carbons (Fsp3) is 0.594. The van der Waals surface area contributed by atoms with E-state index in [0.29, 0.717) is 41.6 Å². The van der Waals surface area contributed by atoms with Crippen molar-refractivity contribution >= 4 is 56.6 Å². The van der Waals surface area contributed by atoms with Crippen LogP contribution in [0.3, 0.4) is 0 Å². The molecule has 0 atom stereocenters. The molecule has 2 aromatic rings. The van der Waals surface area contributed by atoms with Crippen molar-refractivity contribution in [1.82, 2.24) is 15.3 Å². The lowest BCUT2D eigenvalue weighted by atomic mass is 9.83. The third-order valence-electron chi connectivity index (χ3n) is 8.14. The highest BCUT2D eigenvalue weighted by Crippen LogP contribution is 2.34. The summed E-state index contributed by atoms with van der Waals surface area (Å²) in [5.41, 5.74) is 0.792. The summed E-state index contributed by atoms with van der Waals surface area (Å²) < 4.78 is 30.3. The number of carbonyl (C=O) groups excluding carboxylic acids is 3. The molecule has 3 amide bonds. The molecule has 252 valence electrons. The number of sulfone groups is 1. The molecule has 0 unspecified atom stereocenters. The molecule has 2 heterocycles. The zero-order chi connectivity index (χ0) is 33.8. The molecule has 13 nitrogen and oxygen atoms in total. The van der Waals surface area contributed by atoms with Crippen LogP contribution in [0.4, 0.5) is 33.6 Å². The van der Waals surface area contributed by atoms with E-state index in [9.17, 15) is 22.8 Å². The van der Waals surface area contributed by atoms with Crippen molar-refractivity contribution in [3.05, 3.63) is 24.4 Å². The van der Waals surface area contributed by atoms with Crippen molar-refractivity contribution in [1.29, 1.82) is 0 Å². The molecular formula is C32H47N7O6S. The van der Waals surface area contributed by atoms with Gasteiger partial charge in [0.2, 0.25) is 17.8 Å². The maximum Gasteiger partial charge on any atom is 0.407 e. The van der Waals surface area contributed by atoms with Crippen LogP contribution in [0.25, 0.3) is 0 Å². The monoisotopic (exact) mass is 657 g/mol. The second-order valence-electron chi connectivity index (χ2n) is 13.5. The van der Waals surface area contributed by atoms with Crippen LogP contribution in [0, 0.1) is 5.92 Å². The number of nitrogens with zero attached hydrogens (tertiary/aromatic N) is 4. The summed E-state index contributed by atoms with van der Waals surface area (Å²) in [6.45, 7) is 9.65. The smallest absolute Gasteiger partial charge is 0.407 e. The van der Waals surface area contributed by atoms with Gasteiger partial charge in [-0.2, -0.15) is 4.98 Å².